The zero-order chi connectivity index (χ0) is 22.4. The van der Waals surface area contributed by atoms with Crippen LogP contribution in [0.3, 0.4) is 0 Å². The van der Waals surface area contributed by atoms with Crippen LogP contribution in [-0.2, 0) is 6.42 Å². The van der Waals surface area contributed by atoms with Crippen molar-refractivity contribution >= 4 is 16.9 Å². The molecule has 1 aliphatic carbocycles. The number of benzene rings is 1. The molecule has 0 spiro atoms. The quantitative estimate of drug-likeness (QED) is 0.416. The average Bonchev–Trinajstić information content (AvgIpc) is 3.18. The summed E-state index contributed by atoms with van der Waals surface area (Å²) in [6.45, 7) is 9.44. The Bertz CT molecular complexity index is 1250. The van der Waals surface area contributed by atoms with Crippen LogP contribution in [0.5, 0.6) is 0 Å². The first-order valence-electron chi connectivity index (χ1n) is 12.1. The molecule has 1 unspecified atom stereocenters. The molecule has 1 fully saturated rings. The third-order valence-electron chi connectivity index (χ3n) is 7.38. The Morgan fingerprint density at radius 2 is 1.88 bits per heavy atom. The topological polar surface area (TPSA) is 61.1 Å². The molecular weight excluding hydrogens is 394 g/mol. The lowest BCUT2D eigenvalue weighted by Gasteiger charge is -2.29. The molecule has 3 aromatic heterocycles. The van der Waals surface area contributed by atoms with Crippen LogP contribution in [-0.4, -0.2) is 25.5 Å². The van der Waals surface area contributed by atoms with E-state index in [1.165, 1.54) is 53.8 Å². The number of pyridine rings is 1. The summed E-state index contributed by atoms with van der Waals surface area (Å²) in [6.07, 6.45) is 9.45. The summed E-state index contributed by atoms with van der Waals surface area (Å²) in [5.74, 6) is 2.47. The Labute approximate surface area is 190 Å². The second kappa shape index (κ2) is 8.36. The maximum Gasteiger partial charge on any atom is 0.221 e. The second-order valence-corrected chi connectivity index (χ2v) is 9.89. The summed E-state index contributed by atoms with van der Waals surface area (Å²) < 4.78 is 4.63. The SMILES string of the molecule is Cc1cc(C)c(-n2c3ncccc3n3c(CC(CCN)CC4CCC4)c(C)nc23)c(C)c1. The highest BCUT2D eigenvalue weighted by Crippen LogP contribution is 2.36. The van der Waals surface area contributed by atoms with Crippen molar-refractivity contribution in [2.75, 3.05) is 6.54 Å². The van der Waals surface area contributed by atoms with E-state index in [-0.39, 0.29) is 0 Å². The van der Waals surface area contributed by atoms with Gasteiger partial charge in [-0.1, -0.05) is 37.0 Å². The van der Waals surface area contributed by atoms with E-state index in [0.29, 0.717) is 5.92 Å². The maximum atomic E-state index is 6.02. The van der Waals surface area contributed by atoms with Gasteiger partial charge in [-0.3, -0.25) is 8.97 Å². The summed E-state index contributed by atoms with van der Waals surface area (Å²) in [4.78, 5) is 9.92. The van der Waals surface area contributed by atoms with Crippen molar-refractivity contribution in [2.45, 2.75) is 66.2 Å². The van der Waals surface area contributed by atoms with Gasteiger partial charge in [-0.15, -0.1) is 0 Å². The summed E-state index contributed by atoms with van der Waals surface area (Å²) in [7, 11) is 0. The van der Waals surface area contributed by atoms with Crippen molar-refractivity contribution in [3.05, 3.63) is 58.5 Å². The number of hydrogen-bond acceptors (Lipinski definition) is 3. The highest BCUT2D eigenvalue weighted by atomic mass is 15.2. The molecule has 1 saturated carbocycles. The van der Waals surface area contributed by atoms with Gasteiger partial charge in [0.2, 0.25) is 5.78 Å². The molecule has 1 aliphatic rings. The molecule has 32 heavy (non-hydrogen) atoms. The first-order chi connectivity index (χ1) is 15.5. The van der Waals surface area contributed by atoms with Crippen LogP contribution in [0.25, 0.3) is 22.6 Å². The van der Waals surface area contributed by atoms with Crippen LogP contribution in [0.1, 0.15) is 60.2 Å². The maximum absolute atomic E-state index is 6.02. The molecule has 1 atom stereocenters. The number of nitrogens with zero attached hydrogens (tertiary/aromatic N) is 4. The zero-order valence-corrected chi connectivity index (χ0v) is 19.9. The third kappa shape index (κ3) is 3.53. The Balaban J connectivity index is 1.69. The van der Waals surface area contributed by atoms with Crippen molar-refractivity contribution < 1.29 is 0 Å². The highest BCUT2D eigenvalue weighted by molar-refractivity contribution is 5.81. The van der Waals surface area contributed by atoms with Crippen molar-refractivity contribution in [2.24, 2.45) is 17.6 Å². The van der Waals surface area contributed by atoms with E-state index in [4.69, 9.17) is 15.7 Å². The van der Waals surface area contributed by atoms with Crippen LogP contribution < -0.4 is 5.73 Å². The monoisotopic (exact) mass is 429 g/mol. The molecule has 1 aromatic carbocycles. The van der Waals surface area contributed by atoms with Crippen LogP contribution in [0, 0.1) is 39.5 Å². The Hall–Kier alpha value is -2.66. The minimum atomic E-state index is 0.613. The molecule has 0 amide bonds. The van der Waals surface area contributed by atoms with Crippen molar-refractivity contribution in [1.29, 1.82) is 0 Å². The van der Waals surface area contributed by atoms with E-state index >= 15 is 0 Å². The number of imidazole rings is 2. The molecule has 168 valence electrons. The molecule has 0 saturated heterocycles. The molecule has 5 heteroatoms. The van der Waals surface area contributed by atoms with Gasteiger partial charge in [-0.05, 0) is 88.6 Å². The third-order valence-corrected chi connectivity index (χ3v) is 7.38. The average molecular weight is 430 g/mol. The Morgan fingerprint density at radius 3 is 2.53 bits per heavy atom. The minimum Gasteiger partial charge on any atom is -0.330 e. The summed E-state index contributed by atoms with van der Waals surface area (Å²) >= 11 is 0. The Kier molecular flexibility index (Phi) is 5.54. The largest absolute Gasteiger partial charge is 0.330 e. The first kappa shape index (κ1) is 21.2. The van der Waals surface area contributed by atoms with Gasteiger partial charge in [0.05, 0.1) is 16.9 Å². The second-order valence-electron chi connectivity index (χ2n) is 9.89. The van der Waals surface area contributed by atoms with Gasteiger partial charge < -0.3 is 5.73 Å². The molecule has 0 bridgehead atoms. The summed E-state index contributed by atoms with van der Waals surface area (Å²) in [5, 5.41) is 0. The van der Waals surface area contributed by atoms with Gasteiger partial charge in [0.25, 0.3) is 0 Å². The van der Waals surface area contributed by atoms with Crippen LogP contribution in [0.15, 0.2) is 30.5 Å². The smallest absolute Gasteiger partial charge is 0.221 e. The lowest BCUT2D eigenvalue weighted by molar-refractivity contribution is 0.241. The fourth-order valence-electron chi connectivity index (χ4n) is 5.76. The van der Waals surface area contributed by atoms with Gasteiger partial charge in [-0.2, -0.15) is 0 Å². The lowest BCUT2D eigenvalue weighted by Crippen LogP contribution is -2.20. The van der Waals surface area contributed by atoms with Gasteiger partial charge >= 0.3 is 0 Å². The van der Waals surface area contributed by atoms with Gasteiger partial charge in [0.1, 0.15) is 0 Å². The van der Waals surface area contributed by atoms with E-state index in [1.54, 1.807) is 0 Å². The number of aryl methyl sites for hydroxylation is 4. The lowest BCUT2D eigenvalue weighted by atomic mass is 9.77. The highest BCUT2D eigenvalue weighted by Gasteiger charge is 2.26. The number of nitrogens with two attached hydrogens (primary N) is 1. The minimum absolute atomic E-state index is 0.613. The fourth-order valence-corrected chi connectivity index (χ4v) is 5.76. The van der Waals surface area contributed by atoms with E-state index in [0.717, 1.165) is 47.9 Å². The molecular formula is C27H35N5. The van der Waals surface area contributed by atoms with E-state index in [1.807, 2.05) is 12.3 Å². The van der Waals surface area contributed by atoms with Crippen molar-refractivity contribution in [3.8, 4) is 5.69 Å². The van der Waals surface area contributed by atoms with Crippen LogP contribution >= 0.6 is 0 Å². The molecule has 0 aliphatic heterocycles. The van der Waals surface area contributed by atoms with Crippen LogP contribution in [0.4, 0.5) is 0 Å². The number of aromatic nitrogens is 4. The van der Waals surface area contributed by atoms with E-state index in [2.05, 4.69) is 54.9 Å². The summed E-state index contributed by atoms with van der Waals surface area (Å²) in [5.41, 5.74) is 15.5. The fraction of sp³-hybridized carbons (Fsp3) is 0.481. The molecule has 5 nitrogen and oxygen atoms in total. The Morgan fingerprint density at radius 1 is 1.12 bits per heavy atom. The molecule has 4 aromatic rings. The standard InChI is InChI=1S/C27H35N5/c1-17-13-18(2)25(19(3)14-17)32-26-23(9-6-12-29-26)31-24(20(4)30-27(31)32)16-22(10-11-28)15-21-7-5-8-21/h6,9,12-14,21-22H,5,7-8,10-11,15-16,28H2,1-4H3. The molecule has 0 radical (unpaired) electrons. The van der Waals surface area contributed by atoms with Gasteiger partial charge in [0.15, 0.2) is 5.65 Å². The normalized spacial score (nSPS) is 15.5. The van der Waals surface area contributed by atoms with E-state index < -0.39 is 0 Å². The molecule has 3 heterocycles. The van der Waals surface area contributed by atoms with Crippen molar-refractivity contribution in [1.82, 2.24) is 18.9 Å². The van der Waals surface area contributed by atoms with Crippen LogP contribution in [0.2, 0.25) is 0 Å². The molecule has 5 rings (SSSR count). The van der Waals surface area contributed by atoms with Crippen molar-refractivity contribution in [3.63, 3.8) is 0 Å². The number of fused-ring (bicyclic) bond motifs is 3. The predicted octanol–water partition coefficient (Wildman–Crippen LogP) is 5.60. The van der Waals surface area contributed by atoms with E-state index in [9.17, 15) is 0 Å². The molecule has 2 N–H and O–H groups in total. The predicted molar refractivity (Wildman–Crippen MR) is 132 cm³/mol. The number of rotatable bonds is 7. The van der Waals surface area contributed by atoms with Gasteiger partial charge in [0, 0.05) is 11.9 Å². The first-order valence-corrected chi connectivity index (χ1v) is 12.1. The zero-order valence-electron chi connectivity index (χ0n) is 19.9. The number of hydrogen-bond donors (Lipinski definition) is 1. The van der Waals surface area contributed by atoms with Gasteiger partial charge in [-0.25, -0.2) is 9.97 Å². The summed E-state index contributed by atoms with van der Waals surface area (Å²) in [6, 6.07) is 8.71.